The van der Waals surface area contributed by atoms with E-state index in [-0.39, 0.29) is 18.4 Å². The van der Waals surface area contributed by atoms with Crippen LogP contribution in [0.25, 0.3) is 21.8 Å². The van der Waals surface area contributed by atoms with E-state index >= 15 is 0 Å². The van der Waals surface area contributed by atoms with Gasteiger partial charge < -0.3 is 14.8 Å². The lowest BCUT2D eigenvalue weighted by Crippen LogP contribution is -2.41. The summed E-state index contributed by atoms with van der Waals surface area (Å²) >= 11 is 0. The Morgan fingerprint density at radius 3 is 3.00 bits per heavy atom. The molecule has 0 spiro atoms. The van der Waals surface area contributed by atoms with Crippen molar-refractivity contribution in [1.82, 2.24) is 25.1 Å². The van der Waals surface area contributed by atoms with Crippen molar-refractivity contribution in [1.29, 1.82) is 5.26 Å². The molecule has 1 aliphatic heterocycles. The monoisotopic (exact) mass is 349 g/mol. The van der Waals surface area contributed by atoms with E-state index < -0.39 is 0 Å². The Labute approximate surface area is 150 Å². The van der Waals surface area contributed by atoms with Gasteiger partial charge in [0, 0.05) is 54.6 Å². The van der Waals surface area contributed by atoms with Gasteiger partial charge in [-0.05, 0) is 18.9 Å². The molecule has 3 aromatic heterocycles. The van der Waals surface area contributed by atoms with Crippen LogP contribution in [-0.2, 0) is 4.79 Å². The molecular formula is C18H19N7O. The number of carbonyl (C=O) groups is 1. The van der Waals surface area contributed by atoms with Crippen LogP contribution in [-0.4, -0.2) is 57.7 Å². The summed E-state index contributed by atoms with van der Waals surface area (Å²) in [5.74, 6) is 0.847. The Morgan fingerprint density at radius 1 is 1.42 bits per heavy atom. The van der Waals surface area contributed by atoms with Crippen molar-refractivity contribution in [3.8, 4) is 6.07 Å². The van der Waals surface area contributed by atoms with Crippen molar-refractivity contribution in [3.63, 3.8) is 0 Å². The van der Waals surface area contributed by atoms with E-state index in [0.717, 1.165) is 53.6 Å². The predicted octanol–water partition coefficient (Wildman–Crippen LogP) is 1.70. The van der Waals surface area contributed by atoms with Crippen LogP contribution in [0.3, 0.4) is 0 Å². The summed E-state index contributed by atoms with van der Waals surface area (Å²) in [5.41, 5.74) is 0.829. The molecule has 1 saturated heterocycles. The average Bonchev–Trinajstić information content (AvgIpc) is 3.16. The fraction of sp³-hybridized carbons (Fsp3) is 0.389. The molecular weight excluding hydrogens is 330 g/mol. The number of aromatic nitrogens is 4. The fourth-order valence-corrected chi connectivity index (χ4v) is 3.62. The molecule has 0 unspecified atom stereocenters. The highest BCUT2D eigenvalue weighted by molar-refractivity contribution is 6.09. The number of nitrogens with zero attached hydrogens (tertiary/aromatic N) is 6. The topological polar surface area (TPSA) is 102 Å². The second-order valence-corrected chi connectivity index (χ2v) is 6.61. The van der Waals surface area contributed by atoms with Gasteiger partial charge in [-0.3, -0.25) is 4.79 Å². The van der Waals surface area contributed by atoms with E-state index in [2.05, 4.69) is 25.1 Å². The Bertz CT molecular complexity index is 998. The van der Waals surface area contributed by atoms with Gasteiger partial charge in [0.2, 0.25) is 5.91 Å². The third-order valence-electron chi connectivity index (χ3n) is 5.02. The minimum Gasteiger partial charge on any atom is -0.355 e. The lowest BCUT2D eigenvalue weighted by atomic mass is 9.95. The molecule has 132 valence electrons. The summed E-state index contributed by atoms with van der Waals surface area (Å²) in [4.78, 5) is 23.6. The second-order valence-electron chi connectivity index (χ2n) is 6.61. The van der Waals surface area contributed by atoms with E-state index in [9.17, 15) is 4.79 Å². The summed E-state index contributed by atoms with van der Waals surface area (Å²) < 4.78 is 0. The van der Waals surface area contributed by atoms with Crippen molar-refractivity contribution in [2.45, 2.75) is 12.8 Å². The maximum absolute atomic E-state index is 12.4. The molecule has 0 aliphatic carbocycles. The first-order chi connectivity index (χ1) is 12.7. The van der Waals surface area contributed by atoms with Crippen LogP contribution in [0.5, 0.6) is 0 Å². The standard InChI is InChI=1S/C18H19N7O/c1-24(9-5-19)18(26)12-3-7-25(8-4-12)17-15-13(11-22-23-17)10-21-16-14(15)2-6-20-16/h2,6,10-12H,3-4,7-9H2,1H3,(H,20,21). The van der Waals surface area contributed by atoms with Gasteiger partial charge in [-0.15, -0.1) is 5.10 Å². The Morgan fingerprint density at radius 2 is 2.23 bits per heavy atom. The second kappa shape index (κ2) is 6.59. The Hall–Kier alpha value is -3.21. The number of carbonyl (C=O) groups excluding carboxylic acids is 1. The normalized spacial score (nSPS) is 15.3. The lowest BCUT2D eigenvalue weighted by molar-refractivity contribution is -0.134. The first kappa shape index (κ1) is 16.3. The number of hydrogen-bond donors (Lipinski definition) is 1. The van der Waals surface area contributed by atoms with E-state index in [4.69, 9.17) is 5.26 Å². The quantitative estimate of drug-likeness (QED) is 0.722. The highest BCUT2D eigenvalue weighted by Gasteiger charge is 2.28. The molecule has 1 amide bonds. The number of rotatable bonds is 3. The smallest absolute Gasteiger partial charge is 0.226 e. The number of H-pyrrole nitrogens is 1. The zero-order chi connectivity index (χ0) is 18.1. The maximum atomic E-state index is 12.4. The van der Waals surface area contributed by atoms with Crippen LogP contribution in [0.2, 0.25) is 0 Å². The summed E-state index contributed by atoms with van der Waals surface area (Å²) in [6.45, 7) is 1.60. The number of aromatic amines is 1. The van der Waals surface area contributed by atoms with Crippen LogP contribution in [0.4, 0.5) is 5.82 Å². The molecule has 0 radical (unpaired) electrons. The summed E-state index contributed by atoms with van der Waals surface area (Å²) in [6.07, 6.45) is 6.89. The van der Waals surface area contributed by atoms with Crippen molar-refractivity contribution in [3.05, 3.63) is 24.7 Å². The van der Waals surface area contributed by atoms with E-state index in [1.807, 2.05) is 18.3 Å². The number of pyridine rings is 1. The van der Waals surface area contributed by atoms with Gasteiger partial charge in [0.15, 0.2) is 5.82 Å². The molecule has 4 rings (SSSR count). The number of piperidine rings is 1. The van der Waals surface area contributed by atoms with Gasteiger partial charge in [0.05, 0.1) is 12.3 Å². The van der Waals surface area contributed by atoms with Gasteiger partial charge in [0.1, 0.15) is 12.2 Å². The van der Waals surface area contributed by atoms with Gasteiger partial charge in [0.25, 0.3) is 0 Å². The highest BCUT2D eigenvalue weighted by atomic mass is 16.2. The van der Waals surface area contributed by atoms with Gasteiger partial charge >= 0.3 is 0 Å². The number of nitrogens with one attached hydrogen (secondary N) is 1. The number of amides is 1. The summed E-state index contributed by atoms with van der Waals surface area (Å²) in [7, 11) is 1.68. The molecule has 0 aromatic carbocycles. The van der Waals surface area contributed by atoms with E-state index in [1.54, 1.807) is 19.4 Å². The third-order valence-corrected chi connectivity index (χ3v) is 5.02. The van der Waals surface area contributed by atoms with Crippen LogP contribution < -0.4 is 4.90 Å². The number of fused-ring (bicyclic) bond motifs is 3. The fourth-order valence-electron chi connectivity index (χ4n) is 3.62. The van der Waals surface area contributed by atoms with Gasteiger partial charge in [-0.25, -0.2) is 4.98 Å². The average molecular weight is 349 g/mol. The van der Waals surface area contributed by atoms with Crippen molar-refractivity contribution in [2.24, 2.45) is 5.92 Å². The molecule has 4 heterocycles. The first-order valence-electron chi connectivity index (χ1n) is 8.63. The van der Waals surface area contributed by atoms with Crippen LogP contribution in [0, 0.1) is 17.2 Å². The molecule has 1 aliphatic rings. The maximum Gasteiger partial charge on any atom is 0.226 e. The van der Waals surface area contributed by atoms with E-state index in [0.29, 0.717) is 0 Å². The van der Waals surface area contributed by atoms with Crippen LogP contribution in [0.1, 0.15) is 12.8 Å². The molecule has 1 N–H and O–H groups in total. The Kier molecular flexibility index (Phi) is 4.13. The molecule has 0 bridgehead atoms. The number of nitriles is 1. The number of anilines is 1. The first-order valence-corrected chi connectivity index (χ1v) is 8.63. The molecule has 8 nitrogen and oxygen atoms in total. The minimum atomic E-state index is -0.0403. The van der Waals surface area contributed by atoms with Crippen molar-refractivity contribution in [2.75, 3.05) is 31.6 Å². The minimum absolute atomic E-state index is 0.0403. The molecule has 3 aromatic rings. The van der Waals surface area contributed by atoms with Crippen LogP contribution in [0.15, 0.2) is 24.7 Å². The molecule has 26 heavy (non-hydrogen) atoms. The molecule has 0 atom stereocenters. The van der Waals surface area contributed by atoms with Crippen LogP contribution >= 0.6 is 0 Å². The zero-order valence-electron chi connectivity index (χ0n) is 14.5. The highest BCUT2D eigenvalue weighted by Crippen LogP contribution is 2.32. The van der Waals surface area contributed by atoms with Crippen molar-refractivity contribution >= 4 is 33.5 Å². The lowest BCUT2D eigenvalue weighted by Gasteiger charge is -2.33. The van der Waals surface area contributed by atoms with Crippen molar-refractivity contribution < 1.29 is 4.79 Å². The zero-order valence-corrected chi connectivity index (χ0v) is 14.5. The van der Waals surface area contributed by atoms with Gasteiger partial charge in [-0.2, -0.15) is 10.4 Å². The molecule has 0 saturated carbocycles. The summed E-state index contributed by atoms with van der Waals surface area (Å²) in [5, 5.41) is 20.3. The third kappa shape index (κ3) is 2.71. The van der Waals surface area contributed by atoms with Gasteiger partial charge in [-0.1, -0.05) is 0 Å². The Balaban J connectivity index is 1.60. The molecule has 1 fully saturated rings. The molecule has 8 heteroatoms. The summed E-state index contributed by atoms with van der Waals surface area (Å²) in [6, 6.07) is 4.03. The van der Waals surface area contributed by atoms with E-state index in [1.165, 1.54) is 4.90 Å². The predicted molar refractivity (Wildman–Crippen MR) is 97.4 cm³/mol. The largest absolute Gasteiger partial charge is 0.355 e. The number of hydrogen-bond acceptors (Lipinski definition) is 6. The SMILES string of the molecule is CN(CC#N)C(=O)C1CCN(c2nncc3cnc4[nH]ccc4c23)CC1.